The van der Waals surface area contributed by atoms with Crippen LogP contribution in [0.3, 0.4) is 0 Å². The Morgan fingerprint density at radius 2 is 2.00 bits per heavy atom. The molecule has 1 heterocycles. The number of hydrogen-bond acceptors (Lipinski definition) is 5. The van der Waals surface area contributed by atoms with E-state index in [1.54, 1.807) is 18.6 Å². The van der Waals surface area contributed by atoms with Crippen molar-refractivity contribution in [1.82, 2.24) is 20.3 Å². The molecular formula is C12H23N5. The Hall–Kier alpha value is -1.04. The summed E-state index contributed by atoms with van der Waals surface area (Å²) in [6, 6.07) is -0.0453. The van der Waals surface area contributed by atoms with Gasteiger partial charge < -0.3 is 0 Å². The van der Waals surface area contributed by atoms with E-state index in [0.717, 1.165) is 18.8 Å². The maximum absolute atomic E-state index is 5.69. The summed E-state index contributed by atoms with van der Waals surface area (Å²) in [4.78, 5) is 10.8. The van der Waals surface area contributed by atoms with Crippen LogP contribution in [0.5, 0.6) is 0 Å². The van der Waals surface area contributed by atoms with E-state index in [4.69, 9.17) is 5.84 Å². The molecule has 1 aromatic heterocycles. The zero-order valence-corrected chi connectivity index (χ0v) is 11.1. The molecule has 1 atom stereocenters. The highest BCUT2D eigenvalue weighted by Crippen LogP contribution is 2.28. The van der Waals surface area contributed by atoms with Gasteiger partial charge in [-0.2, -0.15) is 0 Å². The van der Waals surface area contributed by atoms with Crippen LogP contribution in [-0.4, -0.2) is 33.5 Å². The summed E-state index contributed by atoms with van der Waals surface area (Å²) >= 11 is 0. The maximum atomic E-state index is 5.69. The first kappa shape index (κ1) is 14.0. The predicted octanol–water partition coefficient (Wildman–Crippen LogP) is 1.10. The van der Waals surface area contributed by atoms with Crippen LogP contribution in [-0.2, 0) is 0 Å². The van der Waals surface area contributed by atoms with Gasteiger partial charge in [0.1, 0.15) is 0 Å². The molecule has 17 heavy (non-hydrogen) atoms. The molecule has 0 spiro atoms. The molecule has 0 aliphatic rings. The van der Waals surface area contributed by atoms with Crippen molar-refractivity contribution in [2.24, 2.45) is 5.84 Å². The van der Waals surface area contributed by atoms with Crippen LogP contribution in [0.15, 0.2) is 18.6 Å². The molecule has 0 aliphatic carbocycles. The van der Waals surface area contributed by atoms with Crippen LogP contribution in [0.2, 0.25) is 0 Å². The SMILES string of the molecule is CCN(CC)C(C)(C)C(NN)c1cnccn1. The lowest BCUT2D eigenvalue weighted by molar-refractivity contribution is 0.0894. The molecule has 96 valence electrons. The lowest BCUT2D eigenvalue weighted by Gasteiger charge is -2.42. The minimum Gasteiger partial charge on any atom is -0.297 e. The van der Waals surface area contributed by atoms with Crippen molar-refractivity contribution in [3.8, 4) is 0 Å². The van der Waals surface area contributed by atoms with E-state index < -0.39 is 0 Å². The number of likely N-dealkylation sites (N-methyl/N-ethyl adjacent to an activating group) is 1. The standard InChI is InChI=1S/C12H23N5/c1-5-17(6-2)12(3,4)11(16-13)10-9-14-7-8-15-10/h7-9,11,16H,5-6,13H2,1-4H3. The van der Waals surface area contributed by atoms with E-state index in [0.29, 0.717) is 0 Å². The number of nitrogens with two attached hydrogens (primary N) is 1. The van der Waals surface area contributed by atoms with Crippen molar-refractivity contribution in [3.63, 3.8) is 0 Å². The van der Waals surface area contributed by atoms with Crippen molar-refractivity contribution in [3.05, 3.63) is 24.3 Å². The van der Waals surface area contributed by atoms with Crippen molar-refractivity contribution >= 4 is 0 Å². The molecule has 0 radical (unpaired) electrons. The van der Waals surface area contributed by atoms with Gasteiger partial charge in [0.15, 0.2) is 0 Å². The zero-order chi connectivity index (χ0) is 12.9. The predicted molar refractivity (Wildman–Crippen MR) is 69.1 cm³/mol. The van der Waals surface area contributed by atoms with E-state index >= 15 is 0 Å². The van der Waals surface area contributed by atoms with Gasteiger partial charge in [0, 0.05) is 17.9 Å². The van der Waals surface area contributed by atoms with Gasteiger partial charge in [-0.15, -0.1) is 0 Å². The average molecular weight is 237 g/mol. The van der Waals surface area contributed by atoms with Crippen LogP contribution in [0.4, 0.5) is 0 Å². The maximum Gasteiger partial charge on any atom is 0.0825 e. The smallest absolute Gasteiger partial charge is 0.0825 e. The van der Waals surface area contributed by atoms with Crippen LogP contribution >= 0.6 is 0 Å². The second kappa shape index (κ2) is 6.05. The number of nitrogens with one attached hydrogen (secondary N) is 1. The number of aromatic nitrogens is 2. The van der Waals surface area contributed by atoms with E-state index in [1.165, 1.54) is 0 Å². The molecule has 3 N–H and O–H groups in total. The molecule has 0 fully saturated rings. The monoisotopic (exact) mass is 237 g/mol. The third-order valence-corrected chi connectivity index (χ3v) is 3.33. The van der Waals surface area contributed by atoms with Gasteiger partial charge in [-0.3, -0.25) is 20.7 Å². The van der Waals surface area contributed by atoms with Gasteiger partial charge in [0.25, 0.3) is 0 Å². The molecule has 5 heteroatoms. The summed E-state index contributed by atoms with van der Waals surface area (Å²) in [5, 5.41) is 0. The van der Waals surface area contributed by atoms with Crippen LogP contribution in [0, 0.1) is 0 Å². The van der Waals surface area contributed by atoms with Crippen LogP contribution in [0.25, 0.3) is 0 Å². The van der Waals surface area contributed by atoms with Gasteiger partial charge in [0.2, 0.25) is 0 Å². The molecule has 0 aliphatic heterocycles. The summed E-state index contributed by atoms with van der Waals surface area (Å²) in [6.45, 7) is 10.6. The first-order valence-electron chi connectivity index (χ1n) is 6.05. The van der Waals surface area contributed by atoms with Gasteiger partial charge >= 0.3 is 0 Å². The fourth-order valence-corrected chi connectivity index (χ4v) is 2.33. The molecule has 1 aromatic rings. The highest BCUT2D eigenvalue weighted by Gasteiger charge is 2.35. The van der Waals surface area contributed by atoms with Gasteiger partial charge in [0.05, 0.1) is 17.9 Å². The first-order chi connectivity index (χ1) is 8.07. The zero-order valence-electron chi connectivity index (χ0n) is 11.1. The van der Waals surface area contributed by atoms with Crippen molar-refractivity contribution < 1.29 is 0 Å². The summed E-state index contributed by atoms with van der Waals surface area (Å²) in [5.41, 5.74) is 3.61. The van der Waals surface area contributed by atoms with E-state index in [1.807, 2.05) is 0 Å². The highest BCUT2D eigenvalue weighted by atomic mass is 15.3. The van der Waals surface area contributed by atoms with E-state index in [-0.39, 0.29) is 11.6 Å². The molecule has 1 rings (SSSR count). The third-order valence-electron chi connectivity index (χ3n) is 3.33. The first-order valence-corrected chi connectivity index (χ1v) is 6.05. The fraction of sp³-hybridized carbons (Fsp3) is 0.667. The molecule has 5 nitrogen and oxygen atoms in total. The Morgan fingerprint density at radius 1 is 1.35 bits per heavy atom. The second-order valence-electron chi connectivity index (χ2n) is 4.56. The van der Waals surface area contributed by atoms with Crippen molar-refractivity contribution in [2.45, 2.75) is 39.3 Å². The Labute approximate surface area is 103 Å². The Kier molecular flexibility index (Phi) is 4.99. The number of hydrazine groups is 1. The fourth-order valence-electron chi connectivity index (χ4n) is 2.33. The Morgan fingerprint density at radius 3 is 2.41 bits per heavy atom. The molecule has 1 unspecified atom stereocenters. The number of rotatable bonds is 6. The minimum absolute atomic E-state index is 0.0453. The van der Waals surface area contributed by atoms with E-state index in [2.05, 4.69) is 48.0 Å². The van der Waals surface area contributed by atoms with Crippen molar-refractivity contribution in [1.29, 1.82) is 0 Å². The molecular weight excluding hydrogens is 214 g/mol. The number of nitrogens with zero attached hydrogens (tertiary/aromatic N) is 3. The molecule has 0 saturated carbocycles. The normalized spacial score (nSPS) is 14.0. The lowest BCUT2D eigenvalue weighted by Crippen LogP contribution is -2.54. The summed E-state index contributed by atoms with van der Waals surface area (Å²) in [7, 11) is 0. The molecule has 0 amide bonds. The van der Waals surface area contributed by atoms with Crippen LogP contribution in [0.1, 0.15) is 39.4 Å². The van der Waals surface area contributed by atoms with Crippen LogP contribution < -0.4 is 11.3 Å². The number of hydrogen-bond donors (Lipinski definition) is 2. The van der Waals surface area contributed by atoms with Crippen molar-refractivity contribution in [2.75, 3.05) is 13.1 Å². The Balaban J connectivity index is 3.01. The molecule has 0 bridgehead atoms. The van der Waals surface area contributed by atoms with Gasteiger partial charge in [-0.05, 0) is 26.9 Å². The third kappa shape index (κ3) is 3.00. The summed E-state index contributed by atoms with van der Waals surface area (Å²) < 4.78 is 0. The highest BCUT2D eigenvalue weighted by molar-refractivity contribution is 5.10. The Bertz CT molecular complexity index is 321. The molecule has 0 aromatic carbocycles. The lowest BCUT2D eigenvalue weighted by atomic mass is 9.90. The van der Waals surface area contributed by atoms with E-state index in [9.17, 15) is 0 Å². The summed E-state index contributed by atoms with van der Waals surface area (Å²) in [6.07, 6.45) is 5.12. The second-order valence-corrected chi connectivity index (χ2v) is 4.56. The largest absolute Gasteiger partial charge is 0.297 e. The van der Waals surface area contributed by atoms with Gasteiger partial charge in [-0.1, -0.05) is 13.8 Å². The average Bonchev–Trinajstić information content (AvgIpc) is 2.32. The minimum atomic E-state index is -0.117. The summed E-state index contributed by atoms with van der Waals surface area (Å²) in [5.74, 6) is 5.69. The molecule has 0 saturated heterocycles. The quantitative estimate of drug-likeness (QED) is 0.573. The topological polar surface area (TPSA) is 67.1 Å². The van der Waals surface area contributed by atoms with Gasteiger partial charge in [-0.25, -0.2) is 5.43 Å².